The second kappa shape index (κ2) is 9.57. The lowest BCUT2D eigenvalue weighted by atomic mass is 10.1. The number of carbonyl (C=O) groups excluding carboxylic acids is 1. The van der Waals surface area contributed by atoms with E-state index in [0.717, 1.165) is 5.56 Å². The third-order valence-corrected chi connectivity index (χ3v) is 4.37. The van der Waals surface area contributed by atoms with Gasteiger partial charge in [0.05, 0.1) is 13.0 Å². The molecule has 0 atom stereocenters. The number of rotatable bonds is 8. The lowest BCUT2D eigenvalue weighted by Gasteiger charge is -2.24. The summed E-state index contributed by atoms with van der Waals surface area (Å²) in [6.45, 7) is 4.48. The van der Waals surface area contributed by atoms with Crippen LogP contribution in [-0.2, 0) is 22.5 Å². The van der Waals surface area contributed by atoms with E-state index in [1.807, 2.05) is 13.8 Å². The second-order valence-corrected chi connectivity index (χ2v) is 7.28. The molecule has 9 heteroatoms. The summed E-state index contributed by atoms with van der Waals surface area (Å²) in [7, 11) is 1.50. The number of nitrogen functional groups attached to an aromatic ring is 1. The second-order valence-electron chi connectivity index (χ2n) is 6.84. The normalized spacial score (nSPS) is 11.0. The number of methoxy groups -OCH3 is 1. The lowest BCUT2D eigenvalue weighted by molar-refractivity contribution is -0.118. The number of benzene rings is 1. The zero-order valence-corrected chi connectivity index (χ0v) is 17.0. The van der Waals surface area contributed by atoms with E-state index in [9.17, 15) is 14.4 Å². The van der Waals surface area contributed by atoms with Gasteiger partial charge in [-0.25, -0.2) is 4.79 Å². The van der Waals surface area contributed by atoms with Crippen LogP contribution in [0.4, 0.5) is 11.5 Å². The Kier molecular flexibility index (Phi) is 7.42. The zero-order chi connectivity index (χ0) is 20.8. The summed E-state index contributed by atoms with van der Waals surface area (Å²) in [6, 6.07) is 6.85. The molecule has 0 aliphatic rings. The monoisotopic (exact) mass is 408 g/mol. The minimum Gasteiger partial charge on any atom is -0.383 e. The first-order chi connectivity index (χ1) is 13.2. The Labute approximate surface area is 167 Å². The van der Waals surface area contributed by atoms with Crippen LogP contribution in [0.5, 0.6) is 0 Å². The van der Waals surface area contributed by atoms with E-state index in [0.29, 0.717) is 11.6 Å². The van der Waals surface area contributed by atoms with Crippen LogP contribution in [0.15, 0.2) is 33.9 Å². The number of aromatic nitrogens is 2. The van der Waals surface area contributed by atoms with Gasteiger partial charge < -0.3 is 15.4 Å². The molecule has 3 N–H and O–H groups in total. The Morgan fingerprint density at radius 1 is 1.29 bits per heavy atom. The summed E-state index contributed by atoms with van der Waals surface area (Å²) in [6.07, 6.45) is 0.0447. The Hall–Kier alpha value is -2.58. The molecule has 0 fully saturated rings. The highest BCUT2D eigenvalue weighted by Gasteiger charge is 2.24. The number of anilines is 2. The number of nitrogens with zero attached hydrogens (tertiary/aromatic N) is 2. The molecule has 0 aliphatic heterocycles. The van der Waals surface area contributed by atoms with Crippen molar-refractivity contribution in [3.05, 3.63) is 55.7 Å². The molecule has 1 aromatic heterocycles. The summed E-state index contributed by atoms with van der Waals surface area (Å²) in [5.74, 6) is -0.259. The molecule has 28 heavy (non-hydrogen) atoms. The maximum atomic E-state index is 13.0. The SMILES string of the molecule is COCCN(C(=O)Cc1ccc(Cl)cc1)c1c(N)n(CC(C)C)c(=O)[nH]c1=O. The number of aromatic amines is 1. The van der Waals surface area contributed by atoms with Crippen LogP contribution in [0.2, 0.25) is 5.02 Å². The molecular formula is C19H25ClN4O4. The van der Waals surface area contributed by atoms with Gasteiger partial charge in [0.25, 0.3) is 5.56 Å². The van der Waals surface area contributed by atoms with Gasteiger partial charge in [-0.15, -0.1) is 0 Å². The van der Waals surface area contributed by atoms with Crippen molar-refractivity contribution in [3.63, 3.8) is 0 Å². The molecule has 2 aromatic rings. The Morgan fingerprint density at radius 3 is 2.50 bits per heavy atom. The Bertz CT molecular complexity index is 934. The quantitative estimate of drug-likeness (QED) is 0.690. The number of halogens is 1. The largest absolute Gasteiger partial charge is 0.383 e. The Morgan fingerprint density at radius 2 is 1.93 bits per heavy atom. The first-order valence-corrected chi connectivity index (χ1v) is 9.28. The van der Waals surface area contributed by atoms with Gasteiger partial charge in [-0.05, 0) is 23.6 Å². The molecule has 1 aromatic carbocycles. The average molecular weight is 409 g/mol. The molecular weight excluding hydrogens is 384 g/mol. The van der Waals surface area contributed by atoms with Crippen LogP contribution in [0.25, 0.3) is 0 Å². The molecule has 0 bridgehead atoms. The molecule has 1 heterocycles. The summed E-state index contributed by atoms with van der Waals surface area (Å²) >= 11 is 5.88. The van der Waals surface area contributed by atoms with E-state index in [2.05, 4.69) is 4.98 Å². The van der Waals surface area contributed by atoms with E-state index >= 15 is 0 Å². The van der Waals surface area contributed by atoms with Crippen molar-refractivity contribution in [1.29, 1.82) is 0 Å². The molecule has 0 unspecified atom stereocenters. The van der Waals surface area contributed by atoms with Crippen LogP contribution in [0.3, 0.4) is 0 Å². The van der Waals surface area contributed by atoms with Crippen LogP contribution < -0.4 is 21.9 Å². The number of H-pyrrole nitrogens is 1. The molecule has 2 rings (SSSR count). The van der Waals surface area contributed by atoms with Crippen molar-refractivity contribution in [2.75, 3.05) is 30.9 Å². The van der Waals surface area contributed by atoms with Gasteiger partial charge in [-0.3, -0.25) is 19.1 Å². The van der Waals surface area contributed by atoms with Gasteiger partial charge in [0, 0.05) is 25.2 Å². The molecule has 0 spiro atoms. The van der Waals surface area contributed by atoms with Gasteiger partial charge in [0.15, 0.2) is 5.69 Å². The third-order valence-electron chi connectivity index (χ3n) is 4.12. The fourth-order valence-corrected chi connectivity index (χ4v) is 2.93. The van der Waals surface area contributed by atoms with Crippen molar-refractivity contribution in [2.24, 2.45) is 5.92 Å². The van der Waals surface area contributed by atoms with E-state index < -0.39 is 11.2 Å². The number of amides is 1. The molecule has 152 valence electrons. The van der Waals surface area contributed by atoms with Gasteiger partial charge in [-0.1, -0.05) is 37.6 Å². The summed E-state index contributed by atoms with van der Waals surface area (Å²) in [5, 5.41) is 0.564. The number of ether oxygens (including phenoxy) is 1. The number of hydrogen-bond acceptors (Lipinski definition) is 5. The molecule has 1 amide bonds. The van der Waals surface area contributed by atoms with Gasteiger partial charge in [-0.2, -0.15) is 0 Å². The number of carbonyl (C=O) groups is 1. The first kappa shape index (κ1) is 21.7. The van der Waals surface area contributed by atoms with Crippen molar-refractivity contribution in [3.8, 4) is 0 Å². The number of nitrogens with two attached hydrogens (primary N) is 1. The van der Waals surface area contributed by atoms with Gasteiger partial charge in [0.2, 0.25) is 5.91 Å². The van der Waals surface area contributed by atoms with Gasteiger partial charge in [0.1, 0.15) is 5.82 Å². The van der Waals surface area contributed by atoms with Crippen LogP contribution in [-0.4, -0.2) is 35.7 Å². The molecule has 8 nitrogen and oxygen atoms in total. The van der Waals surface area contributed by atoms with Crippen molar-refractivity contribution < 1.29 is 9.53 Å². The third kappa shape index (κ3) is 5.24. The minimum atomic E-state index is -0.705. The van der Waals surface area contributed by atoms with Crippen LogP contribution in [0, 0.1) is 5.92 Å². The van der Waals surface area contributed by atoms with Gasteiger partial charge >= 0.3 is 5.69 Å². The summed E-state index contributed by atoms with van der Waals surface area (Å²) < 4.78 is 6.35. The van der Waals surface area contributed by atoms with E-state index in [4.69, 9.17) is 22.1 Å². The average Bonchev–Trinajstić information content (AvgIpc) is 2.63. The maximum Gasteiger partial charge on any atom is 0.330 e. The fourth-order valence-electron chi connectivity index (χ4n) is 2.80. The number of hydrogen-bond donors (Lipinski definition) is 2. The van der Waals surface area contributed by atoms with Crippen molar-refractivity contribution in [1.82, 2.24) is 9.55 Å². The van der Waals surface area contributed by atoms with E-state index in [1.165, 1.54) is 16.6 Å². The molecule has 0 saturated carbocycles. The molecule has 0 aliphatic carbocycles. The van der Waals surface area contributed by atoms with E-state index in [1.54, 1.807) is 24.3 Å². The predicted molar refractivity (Wildman–Crippen MR) is 110 cm³/mol. The smallest absolute Gasteiger partial charge is 0.330 e. The van der Waals surface area contributed by atoms with Crippen molar-refractivity contribution >= 4 is 29.0 Å². The fraction of sp³-hybridized carbons (Fsp3) is 0.421. The highest BCUT2D eigenvalue weighted by molar-refractivity contribution is 6.30. The van der Waals surface area contributed by atoms with Crippen LogP contribution >= 0.6 is 11.6 Å². The topological polar surface area (TPSA) is 110 Å². The Balaban J connectivity index is 2.46. The van der Waals surface area contributed by atoms with E-state index in [-0.39, 0.29) is 42.9 Å². The summed E-state index contributed by atoms with van der Waals surface area (Å²) in [5.41, 5.74) is 5.54. The first-order valence-electron chi connectivity index (χ1n) is 8.91. The molecule has 0 saturated heterocycles. The summed E-state index contributed by atoms with van der Waals surface area (Å²) in [4.78, 5) is 41.2. The standard InChI is InChI=1S/C19H25ClN4O4/c1-12(2)11-24-17(21)16(18(26)22-19(24)27)23(8-9-28-3)15(25)10-13-4-6-14(20)7-5-13/h4-7,12H,8-11,21H2,1-3H3,(H,22,26,27). The number of nitrogens with one attached hydrogen (secondary N) is 1. The van der Waals surface area contributed by atoms with Crippen LogP contribution in [0.1, 0.15) is 19.4 Å². The maximum absolute atomic E-state index is 13.0. The lowest BCUT2D eigenvalue weighted by Crippen LogP contribution is -2.43. The zero-order valence-electron chi connectivity index (χ0n) is 16.2. The van der Waals surface area contributed by atoms with Crippen molar-refractivity contribution in [2.45, 2.75) is 26.8 Å². The minimum absolute atomic E-state index is 0.0389. The molecule has 0 radical (unpaired) electrons. The highest BCUT2D eigenvalue weighted by Crippen LogP contribution is 2.19. The predicted octanol–water partition coefficient (Wildman–Crippen LogP) is 1.65. The highest BCUT2D eigenvalue weighted by atomic mass is 35.5.